The van der Waals surface area contributed by atoms with Crippen molar-refractivity contribution in [2.24, 2.45) is 5.92 Å². The molecule has 2 fully saturated rings. The maximum atomic E-state index is 12.6. The predicted molar refractivity (Wildman–Crippen MR) is 121 cm³/mol. The summed E-state index contributed by atoms with van der Waals surface area (Å²) in [4.78, 5) is 29.7. The number of carbonyl (C=O) groups is 2. The minimum Gasteiger partial charge on any atom is -0.490 e. The van der Waals surface area contributed by atoms with E-state index in [0.717, 1.165) is 57.9 Å². The Balaban J connectivity index is 1.24. The summed E-state index contributed by atoms with van der Waals surface area (Å²) in [6.07, 6.45) is 7.32. The largest absolute Gasteiger partial charge is 0.490 e. The molecule has 0 spiro atoms. The van der Waals surface area contributed by atoms with Crippen molar-refractivity contribution in [1.29, 1.82) is 5.26 Å². The van der Waals surface area contributed by atoms with Crippen LogP contribution in [0.3, 0.4) is 0 Å². The zero-order chi connectivity index (χ0) is 23.2. The summed E-state index contributed by atoms with van der Waals surface area (Å²) in [5, 5.41) is 20.5. The second-order valence-corrected chi connectivity index (χ2v) is 8.83. The molecule has 0 radical (unpaired) electrons. The van der Waals surface area contributed by atoms with Crippen molar-refractivity contribution in [3.63, 3.8) is 0 Å². The van der Waals surface area contributed by atoms with Gasteiger partial charge in [0.05, 0.1) is 22.9 Å². The van der Waals surface area contributed by atoms with Gasteiger partial charge in [-0.05, 0) is 50.7 Å². The Hall–Kier alpha value is -3.25. The van der Waals surface area contributed by atoms with Crippen molar-refractivity contribution >= 4 is 29.6 Å². The van der Waals surface area contributed by atoms with E-state index in [2.05, 4.69) is 20.5 Å². The number of rotatable bonds is 6. The van der Waals surface area contributed by atoms with Gasteiger partial charge in [-0.3, -0.25) is 4.79 Å². The highest BCUT2D eigenvalue weighted by Gasteiger charge is 2.26. The summed E-state index contributed by atoms with van der Waals surface area (Å²) in [6, 6.07) is 7.11. The van der Waals surface area contributed by atoms with Gasteiger partial charge in [0, 0.05) is 31.1 Å². The number of hydrogen-bond acceptors (Lipinski definition) is 8. The first-order valence-corrected chi connectivity index (χ1v) is 11.5. The molecule has 1 aromatic carbocycles. The van der Waals surface area contributed by atoms with Crippen LogP contribution in [0.5, 0.6) is 5.75 Å². The lowest BCUT2D eigenvalue weighted by atomic mass is 9.93. The standard InChI is InChI=1S/C23H25ClN6O3/c24-20-11-19(4-1-16(20)12-25)33-18-5-2-17(3-6-18)27-23(32)22-26-13-21(28-29-22)30-9-7-15(14-31)8-10-30/h1,4,11,13-15,17-18H,2-3,5-10H2,(H,27,32)/t17-,18-. The lowest BCUT2D eigenvalue weighted by Gasteiger charge is -2.30. The van der Waals surface area contributed by atoms with E-state index in [1.54, 1.807) is 24.4 Å². The highest BCUT2D eigenvalue weighted by atomic mass is 35.5. The lowest BCUT2D eigenvalue weighted by molar-refractivity contribution is -0.111. The Kier molecular flexibility index (Phi) is 7.35. The van der Waals surface area contributed by atoms with Gasteiger partial charge in [0.25, 0.3) is 5.91 Å². The normalized spacial score (nSPS) is 21.2. The highest BCUT2D eigenvalue weighted by Crippen LogP contribution is 2.27. The van der Waals surface area contributed by atoms with Crippen molar-refractivity contribution in [2.45, 2.75) is 50.7 Å². The molecule has 0 unspecified atom stereocenters. The number of halogens is 1. The van der Waals surface area contributed by atoms with Crippen LogP contribution in [0.4, 0.5) is 5.82 Å². The summed E-state index contributed by atoms with van der Waals surface area (Å²) in [5.74, 6) is 1.08. The molecule has 1 amide bonds. The minimum atomic E-state index is -0.336. The molecule has 1 aromatic heterocycles. The first kappa shape index (κ1) is 22.9. The summed E-state index contributed by atoms with van der Waals surface area (Å²) < 4.78 is 5.99. The fourth-order valence-corrected chi connectivity index (χ4v) is 4.42. The molecule has 2 heterocycles. The number of amides is 1. The van der Waals surface area contributed by atoms with Crippen molar-refractivity contribution in [1.82, 2.24) is 20.5 Å². The highest BCUT2D eigenvalue weighted by molar-refractivity contribution is 6.31. The van der Waals surface area contributed by atoms with Gasteiger partial charge in [-0.25, -0.2) is 4.98 Å². The molecule has 33 heavy (non-hydrogen) atoms. The van der Waals surface area contributed by atoms with Crippen molar-refractivity contribution in [3.05, 3.63) is 40.8 Å². The maximum absolute atomic E-state index is 12.6. The summed E-state index contributed by atoms with van der Waals surface area (Å²) in [7, 11) is 0. The topological polar surface area (TPSA) is 121 Å². The van der Waals surface area contributed by atoms with Crippen LogP contribution < -0.4 is 15.0 Å². The third-order valence-corrected chi connectivity index (χ3v) is 6.49. The van der Waals surface area contributed by atoms with Crippen LogP contribution in [0.15, 0.2) is 24.4 Å². The lowest BCUT2D eigenvalue weighted by Crippen LogP contribution is -2.40. The first-order valence-electron chi connectivity index (χ1n) is 11.1. The van der Waals surface area contributed by atoms with E-state index >= 15 is 0 Å². The first-order chi connectivity index (χ1) is 16.1. The fourth-order valence-electron chi connectivity index (χ4n) is 4.21. The number of hydrogen-bond donors (Lipinski definition) is 1. The molecule has 4 rings (SSSR count). The van der Waals surface area contributed by atoms with E-state index < -0.39 is 0 Å². The van der Waals surface area contributed by atoms with Gasteiger partial charge < -0.3 is 19.7 Å². The third-order valence-electron chi connectivity index (χ3n) is 6.18. The number of nitrogens with zero attached hydrogens (tertiary/aromatic N) is 5. The van der Waals surface area contributed by atoms with Crippen LogP contribution in [-0.2, 0) is 4.79 Å². The molecule has 9 nitrogen and oxygen atoms in total. The number of nitriles is 1. The van der Waals surface area contributed by atoms with Crippen molar-refractivity contribution in [2.75, 3.05) is 18.0 Å². The number of nitrogens with one attached hydrogen (secondary N) is 1. The molecule has 172 valence electrons. The molecule has 0 atom stereocenters. The summed E-state index contributed by atoms with van der Waals surface area (Å²) in [6.45, 7) is 1.45. The third kappa shape index (κ3) is 5.76. The van der Waals surface area contributed by atoms with E-state index in [-0.39, 0.29) is 29.8 Å². The molecule has 2 aromatic rings. The van der Waals surface area contributed by atoms with Crippen LogP contribution in [0, 0.1) is 17.2 Å². The zero-order valence-corrected chi connectivity index (χ0v) is 18.9. The van der Waals surface area contributed by atoms with E-state index in [1.807, 2.05) is 11.0 Å². The van der Waals surface area contributed by atoms with Crippen molar-refractivity contribution < 1.29 is 14.3 Å². The molecule has 1 aliphatic heterocycles. The van der Waals surface area contributed by atoms with Gasteiger partial charge in [0.1, 0.15) is 18.1 Å². The number of ether oxygens (including phenoxy) is 1. The smallest absolute Gasteiger partial charge is 0.291 e. The second-order valence-electron chi connectivity index (χ2n) is 8.42. The SMILES string of the molecule is N#Cc1ccc(O[C@H]2CC[C@H](NC(=O)c3ncc(N4CCC(C=O)CC4)nn3)CC2)cc1Cl. The Bertz CT molecular complexity index is 1030. The fraction of sp³-hybridized carbons (Fsp3) is 0.478. The zero-order valence-electron chi connectivity index (χ0n) is 18.1. The number of aromatic nitrogens is 3. The number of aldehydes is 1. The van der Waals surface area contributed by atoms with E-state index in [4.69, 9.17) is 21.6 Å². The Morgan fingerprint density at radius 3 is 2.55 bits per heavy atom. The van der Waals surface area contributed by atoms with E-state index in [1.165, 1.54) is 0 Å². The molecule has 1 saturated heterocycles. The molecule has 2 aliphatic rings. The molecular formula is C23H25ClN6O3. The maximum Gasteiger partial charge on any atom is 0.291 e. The van der Waals surface area contributed by atoms with Gasteiger partial charge in [-0.1, -0.05) is 11.6 Å². The van der Waals surface area contributed by atoms with Gasteiger partial charge in [0.2, 0.25) is 5.82 Å². The van der Waals surface area contributed by atoms with Crippen LogP contribution >= 0.6 is 11.6 Å². The number of carbonyl (C=O) groups excluding carboxylic acids is 2. The van der Waals surface area contributed by atoms with Gasteiger partial charge >= 0.3 is 0 Å². The average molecular weight is 469 g/mol. The van der Waals surface area contributed by atoms with Gasteiger partial charge in [-0.15, -0.1) is 10.2 Å². The number of anilines is 1. The Labute approximate surface area is 197 Å². The number of piperidine rings is 1. The summed E-state index contributed by atoms with van der Waals surface area (Å²) in [5.41, 5.74) is 0.419. The molecule has 1 aliphatic carbocycles. The van der Waals surface area contributed by atoms with E-state index in [9.17, 15) is 9.59 Å². The van der Waals surface area contributed by atoms with Gasteiger partial charge in [-0.2, -0.15) is 5.26 Å². The van der Waals surface area contributed by atoms with Crippen LogP contribution in [0.2, 0.25) is 5.02 Å². The summed E-state index contributed by atoms with van der Waals surface area (Å²) >= 11 is 6.07. The van der Waals surface area contributed by atoms with E-state index in [0.29, 0.717) is 22.2 Å². The average Bonchev–Trinajstić information content (AvgIpc) is 2.85. The van der Waals surface area contributed by atoms with Gasteiger partial charge in [0.15, 0.2) is 5.82 Å². The Morgan fingerprint density at radius 1 is 1.18 bits per heavy atom. The van der Waals surface area contributed by atoms with Crippen LogP contribution in [0.25, 0.3) is 0 Å². The monoisotopic (exact) mass is 468 g/mol. The molecule has 10 heteroatoms. The minimum absolute atomic E-state index is 0.0209. The quantitative estimate of drug-likeness (QED) is 0.642. The predicted octanol–water partition coefficient (Wildman–Crippen LogP) is 2.93. The molecular weight excluding hydrogens is 444 g/mol. The Morgan fingerprint density at radius 2 is 1.94 bits per heavy atom. The number of benzene rings is 1. The molecule has 1 saturated carbocycles. The second kappa shape index (κ2) is 10.6. The molecule has 1 N–H and O–H groups in total. The van der Waals surface area contributed by atoms with Crippen molar-refractivity contribution in [3.8, 4) is 11.8 Å². The van der Waals surface area contributed by atoms with Crippen LogP contribution in [0.1, 0.15) is 54.7 Å². The van der Waals surface area contributed by atoms with Crippen LogP contribution in [-0.4, -0.2) is 52.6 Å². The molecule has 0 bridgehead atoms.